The first-order chi connectivity index (χ1) is 10.9. The van der Waals surface area contributed by atoms with Crippen molar-refractivity contribution in [2.24, 2.45) is 5.84 Å². The van der Waals surface area contributed by atoms with Crippen molar-refractivity contribution in [3.05, 3.63) is 33.6 Å². The Kier molecular flexibility index (Phi) is 4.59. The van der Waals surface area contributed by atoms with Crippen LogP contribution in [0.2, 0.25) is 0 Å². The normalized spacial score (nSPS) is 12.5. The number of nitrogens with two attached hydrogens (primary N) is 2. The number of aromatic nitrogens is 1. The summed E-state index contributed by atoms with van der Waals surface area (Å²) in [5.41, 5.74) is 3.80. The minimum absolute atomic E-state index is 0.0209. The summed E-state index contributed by atoms with van der Waals surface area (Å²) in [5.74, 6) is 5.54. The van der Waals surface area contributed by atoms with Gasteiger partial charge in [-0.3, -0.25) is 0 Å². The molecule has 1 aromatic heterocycles. The van der Waals surface area contributed by atoms with Gasteiger partial charge in [0.2, 0.25) is 0 Å². The van der Waals surface area contributed by atoms with Crippen LogP contribution in [0.4, 0.5) is 24.5 Å². The van der Waals surface area contributed by atoms with E-state index < -0.39 is 27.5 Å². The second-order valence-corrected chi connectivity index (χ2v) is 7.45. The van der Waals surface area contributed by atoms with E-state index in [0.717, 1.165) is 6.07 Å². The van der Waals surface area contributed by atoms with Crippen LogP contribution in [0, 0.1) is 13.8 Å². The van der Waals surface area contributed by atoms with Crippen LogP contribution in [0.5, 0.6) is 0 Å². The number of hydrogen-bond acceptors (Lipinski definition) is 6. The lowest BCUT2D eigenvalue weighted by Gasteiger charge is -2.22. The van der Waals surface area contributed by atoms with Gasteiger partial charge in [-0.1, -0.05) is 5.16 Å². The van der Waals surface area contributed by atoms with Crippen LogP contribution in [0.15, 0.2) is 26.0 Å². The number of sulfonamides is 1. The summed E-state index contributed by atoms with van der Waals surface area (Å²) in [6.45, 7) is 2.70. The number of halogens is 4. The molecule has 2 aromatic rings. The molecule has 2 rings (SSSR count). The summed E-state index contributed by atoms with van der Waals surface area (Å²) in [6.07, 6.45) is -4.71. The fraction of sp³-hybridized carbons (Fsp3) is 0.250. The average molecular weight is 429 g/mol. The van der Waals surface area contributed by atoms with Gasteiger partial charge in [-0.15, -0.1) is 0 Å². The molecule has 0 aliphatic heterocycles. The van der Waals surface area contributed by atoms with Crippen molar-refractivity contribution in [1.82, 2.24) is 5.16 Å². The summed E-state index contributed by atoms with van der Waals surface area (Å²) in [4.78, 5) is -0.335. The van der Waals surface area contributed by atoms with Gasteiger partial charge in [-0.05, 0) is 41.9 Å². The molecule has 0 unspecified atom stereocenters. The van der Waals surface area contributed by atoms with Gasteiger partial charge in [0, 0.05) is 4.47 Å². The number of anilines is 2. The third-order valence-corrected chi connectivity index (χ3v) is 5.63. The topological polar surface area (TPSA) is 115 Å². The molecule has 0 saturated heterocycles. The van der Waals surface area contributed by atoms with E-state index in [-0.39, 0.29) is 30.9 Å². The number of rotatable bonds is 3. The molecule has 1 heterocycles. The Labute approximate surface area is 143 Å². The molecular formula is C12H12BrF3N4O3S. The van der Waals surface area contributed by atoms with Crippen molar-refractivity contribution in [1.29, 1.82) is 0 Å². The second-order valence-electron chi connectivity index (χ2n) is 4.84. The predicted molar refractivity (Wildman–Crippen MR) is 83.4 cm³/mol. The van der Waals surface area contributed by atoms with Crippen molar-refractivity contribution in [3.8, 4) is 0 Å². The van der Waals surface area contributed by atoms with Gasteiger partial charge in [0.05, 0.1) is 16.9 Å². The number of aryl methyl sites for hydroxylation is 2. The van der Waals surface area contributed by atoms with E-state index in [1.165, 1.54) is 13.8 Å². The molecule has 1 aromatic carbocycles. The van der Waals surface area contributed by atoms with Gasteiger partial charge in [-0.25, -0.2) is 5.84 Å². The molecule has 0 atom stereocenters. The van der Waals surface area contributed by atoms with Crippen LogP contribution >= 0.6 is 15.9 Å². The molecule has 0 radical (unpaired) electrons. The average Bonchev–Trinajstić information content (AvgIpc) is 2.79. The molecule has 0 aliphatic carbocycles. The maximum absolute atomic E-state index is 12.9. The number of nitrogens with zero attached hydrogens (tertiary/aromatic N) is 2. The van der Waals surface area contributed by atoms with Gasteiger partial charge < -0.3 is 10.3 Å². The molecule has 24 heavy (non-hydrogen) atoms. The predicted octanol–water partition coefficient (Wildman–Crippen LogP) is 2.72. The quantitative estimate of drug-likeness (QED) is 0.441. The van der Waals surface area contributed by atoms with Gasteiger partial charge in [0.1, 0.15) is 5.69 Å². The number of alkyl halides is 3. The summed E-state index contributed by atoms with van der Waals surface area (Å²) in [6, 6.07) is 1.28. The first-order valence-electron chi connectivity index (χ1n) is 6.26. The molecule has 0 amide bonds. The Bertz CT molecular complexity index is 876. The van der Waals surface area contributed by atoms with Crippen molar-refractivity contribution in [3.63, 3.8) is 0 Å². The molecule has 0 saturated carbocycles. The molecule has 0 aliphatic rings. The van der Waals surface area contributed by atoms with Crippen LogP contribution < -0.4 is 16.0 Å². The highest BCUT2D eigenvalue weighted by atomic mass is 79.9. The van der Waals surface area contributed by atoms with Crippen LogP contribution in [-0.2, 0) is 16.2 Å². The van der Waals surface area contributed by atoms with E-state index in [9.17, 15) is 21.6 Å². The second kappa shape index (κ2) is 5.93. The number of hydrazine groups is 1. The summed E-state index contributed by atoms with van der Waals surface area (Å²) >= 11 is 2.87. The third-order valence-electron chi connectivity index (χ3n) is 3.16. The van der Waals surface area contributed by atoms with E-state index in [1.54, 1.807) is 0 Å². The molecule has 0 fully saturated rings. The van der Waals surface area contributed by atoms with Crippen LogP contribution in [0.1, 0.15) is 17.0 Å². The first kappa shape index (κ1) is 18.5. The fourth-order valence-electron chi connectivity index (χ4n) is 2.02. The highest BCUT2D eigenvalue weighted by Crippen LogP contribution is 2.39. The lowest BCUT2D eigenvalue weighted by molar-refractivity contribution is -0.137. The summed E-state index contributed by atoms with van der Waals surface area (Å²) in [7, 11) is -4.42. The maximum Gasteiger partial charge on any atom is 0.416 e. The van der Waals surface area contributed by atoms with E-state index in [4.69, 9.17) is 16.1 Å². The summed E-state index contributed by atoms with van der Waals surface area (Å²) in [5, 5.41) is 3.50. The minimum Gasteiger partial charge on any atom is -0.396 e. The molecule has 7 nitrogen and oxygen atoms in total. The van der Waals surface area contributed by atoms with E-state index in [1.807, 2.05) is 0 Å². The van der Waals surface area contributed by atoms with Gasteiger partial charge in [0.25, 0.3) is 10.0 Å². The maximum atomic E-state index is 12.9. The van der Waals surface area contributed by atoms with E-state index in [0.29, 0.717) is 6.07 Å². The monoisotopic (exact) mass is 428 g/mol. The lowest BCUT2D eigenvalue weighted by Crippen LogP contribution is -2.38. The van der Waals surface area contributed by atoms with Crippen molar-refractivity contribution >= 4 is 37.3 Å². The van der Waals surface area contributed by atoms with Gasteiger partial charge in [-0.2, -0.15) is 26.0 Å². The standard InChI is InChI=1S/C12H12BrF3N4O3S/c1-5-11(6(2)23-19-5)24(21,22)20(18)9-4-7(12(14,15)16)3-8(13)10(9)17/h3-4H,17-18H2,1-2H3. The molecular weight excluding hydrogens is 417 g/mol. The number of benzene rings is 1. The highest BCUT2D eigenvalue weighted by molar-refractivity contribution is 9.10. The third kappa shape index (κ3) is 3.08. The van der Waals surface area contributed by atoms with E-state index in [2.05, 4.69) is 21.1 Å². The molecule has 12 heteroatoms. The zero-order valence-corrected chi connectivity index (χ0v) is 14.8. The zero-order chi connectivity index (χ0) is 18.4. The number of nitrogen functional groups attached to an aromatic ring is 1. The highest BCUT2D eigenvalue weighted by Gasteiger charge is 2.35. The number of hydrogen-bond donors (Lipinski definition) is 2. The van der Waals surface area contributed by atoms with Crippen molar-refractivity contribution in [2.75, 3.05) is 10.1 Å². The van der Waals surface area contributed by atoms with Crippen LogP contribution in [-0.4, -0.2) is 13.6 Å². The summed E-state index contributed by atoms with van der Waals surface area (Å²) < 4.78 is 68.9. The first-order valence-corrected chi connectivity index (χ1v) is 8.49. The largest absolute Gasteiger partial charge is 0.416 e. The molecule has 132 valence electrons. The Balaban J connectivity index is 2.66. The minimum atomic E-state index is -4.71. The Morgan fingerprint density at radius 2 is 1.88 bits per heavy atom. The Morgan fingerprint density at radius 3 is 2.33 bits per heavy atom. The smallest absolute Gasteiger partial charge is 0.396 e. The van der Waals surface area contributed by atoms with Gasteiger partial charge >= 0.3 is 6.18 Å². The lowest BCUT2D eigenvalue weighted by atomic mass is 10.1. The SMILES string of the molecule is Cc1noc(C)c1S(=O)(=O)N(N)c1cc(C(F)(F)F)cc(Br)c1N. The zero-order valence-electron chi connectivity index (χ0n) is 12.3. The van der Waals surface area contributed by atoms with Crippen molar-refractivity contribution < 1.29 is 26.1 Å². The molecule has 0 spiro atoms. The van der Waals surface area contributed by atoms with Crippen LogP contribution in [0.3, 0.4) is 0 Å². The van der Waals surface area contributed by atoms with E-state index >= 15 is 0 Å². The Morgan fingerprint density at radius 1 is 1.29 bits per heavy atom. The van der Waals surface area contributed by atoms with Crippen molar-refractivity contribution in [2.45, 2.75) is 24.9 Å². The molecule has 0 bridgehead atoms. The van der Waals surface area contributed by atoms with Crippen LogP contribution in [0.25, 0.3) is 0 Å². The fourth-order valence-corrected chi connectivity index (χ4v) is 3.89. The van der Waals surface area contributed by atoms with Gasteiger partial charge in [0.15, 0.2) is 10.7 Å². The Hall–Kier alpha value is -1.79. The molecule has 4 N–H and O–H groups in total.